The summed E-state index contributed by atoms with van der Waals surface area (Å²) in [6.45, 7) is 4.08. The van der Waals surface area contributed by atoms with Gasteiger partial charge in [-0.3, -0.25) is 9.32 Å². The number of anilines is 1. The number of aliphatic hydroxyl groups excluding tert-OH is 1. The smallest absolute Gasteiger partial charge is 0.380 e. The summed E-state index contributed by atoms with van der Waals surface area (Å²) in [6, 6.07) is 10.2. The Morgan fingerprint density at radius 1 is 1.25 bits per heavy atom. The maximum absolute atomic E-state index is 14.0. The van der Waals surface area contributed by atoms with E-state index in [1.807, 2.05) is 0 Å². The summed E-state index contributed by atoms with van der Waals surface area (Å²) in [7, 11) is -4.00. The van der Waals surface area contributed by atoms with Crippen molar-refractivity contribution in [3.05, 3.63) is 54.0 Å². The Kier molecular flexibility index (Phi) is 9.24. The molecule has 0 saturated carbocycles. The van der Waals surface area contributed by atoms with Gasteiger partial charge in [-0.15, -0.1) is 0 Å². The number of aryl methyl sites for hydroxylation is 1. The molecule has 1 fully saturated rings. The Hall–Kier alpha value is -2.53. The van der Waals surface area contributed by atoms with Crippen LogP contribution < -0.4 is 10.3 Å². The molecule has 1 aliphatic heterocycles. The lowest BCUT2D eigenvalue weighted by atomic mass is 10.1. The Morgan fingerprint density at radius 2 is 1.98 bits per heavy atom. The Morgan fingerprint density at radius 3 is 2.67 bits per heavy atom. The highest BCUT2D eigenvalue weighted by atomic mass is 35.5. The van der Waals surface area contributed by atoms with Crippen molar-refractivity contribution in [1.82, 2.24) is 14.6 Å². The van der Waals surface area contributed by atoms with Crippen molar-refractivity contribution < 1.29 is 33.0 Å². The fraction of sp³-hybridized carbons (Fsp3) is 0.462. The zero-order valence-corrected chi connectivity index (χ0v) is 24.6. The van der Waals surface area contributed by atoms with Gasteiger partial charge in [-0.25, -0.2) is 14.1 Å². The standard InChI is InChI=1S/C26H31Cl2N4O7P/c1-15(17(3)34)13-40(36,39-21-7-5-4-6-18(21)9-8-16(2)33)37-12-22-23(35)26(27,28)24(38-22)19-10-11-20-25(29)30-14-31-32(19)20/h4-7,10-11,14-15,22-24,35H,8-9,12-13H2,1-3H3,(H2,29,30,31)/t15-,22-,23+,24+,40?/m1/s1. The minimum atomic E-state index is -4.00. The van der Waals surface area contributed by atoms with E-state index in [0.717, 1.165) is 0 Å². The number of Topliss-reactive ketones (excluding diaryl/α,β-unsaturated/α-hetero) is 2. The van der Waals surface area contributed by atoms with Gasteiger partial charge >= 0.3 is 7.60 Å². The zero-order valence-electron chi connectivity index (χ0n) is 22.2. The molecule has 1 saturated heterocycles. The molecule has 0 spiro atoms. The third-order valence-electron chi connectivity index (χ3n) is 6.77. The number of alkyl halides is 2. The van der Waals surface area contributed by atoms with Crippen LogP contribution in [0.4, 0.5) is 5.82 Å². The molecule has 14 heteroatoms. The second-order valence-corrected chi connectivity index (χ2v) is 13.3. The number of aliphatic hydroxyl groups is 1. The van der Waals surface area contributed by atoms with E-state index in [2.05, 4.69) is 10.1 Å². The first-order chi connectivity index (χ1) is 18.8. The SMILES string of the molecule is CC(=O)CCc1ccccc1OP(=O)(C[C@@H](C)C(C)=O)OC[C@H]1O[C@@H](c2ccc3c(N)ncnn23)C(Cl)(Cl)[C@H]1O. The lowest BCUT2D eigenvalue weighted by Crippen LogP contribution is -2.37. The number of carbonyl (C=O) groups is 2. The van der Waals surface area contributed by atoms with Crippen LogP contribution in [0.15, 0.2) is 42.7 Å². The van der Waals surface area contributed by atoms with Crippen LogP contribution in [0.2, 0.25) is 0 Å². The molecule has 11 nitrogen and oxygen atoms in total. The fourth-order valence-corrected chi connectivity index (χ4v) is 6.96. The van der Waals surface area contributed by atoms with Gasteiger partial charge in [-0.05, 0) is 44.0 Å². The molecule has 3 aromatic rings. The lowest BCUT2D eigenvalue weighted by molar-refractivity contribution is -0.120. The van der Waals surface area contributed by atoms with Gasteiger partial charge in [0.25, 0.3) is 0 Å². The van der Waals surface area contributed by atoms with Crippen LogP contribution in [0, 0.1) is 5.92 Å². The van der Waals surface area contributed by atoms with E-state index in [1.54, 1.807) is 43.3 Å². The number of hydrogen-bond donors (Lipinski definition) is 2. The Labute approximate surface area is 241 Å². The van der Waals surface area contributed by atoms with Crippen LogP contribution in [0.5, 0.6) is 5.75 Å². The normalized spacial score (nSPS) is 22.6. The number of nitrogen functional groups attached to an aromatic ring is 1. The second-order valence-electron chi connectivity index (χ2n) is 9.88. The molecule has 2 aromatic heterocycles. The van der Waals surface area contributed by atoms with Crippen molar-refractivity contribution in [2.45, 2.75) is 56.3 Å². The summed E-state index contributed by atoms with van der Waals surface area (Å²) in [6.07, 6.45) is -1.92. The largest absolute Gasteiger partial charge is 0.424 e. The molecule has 4 rings (SSSR count). The molecule has 1 aromatic carbocycles. The number of hydrogen-bond acceptors (Lipinski definition) is 10. The number of nitrogens with zero attached hydrogens (tertiary/aromatic N) is 3. The molecule has 3 N–H and O–H groups in total. The molecule has 1 aliphatic rings. The van der Waals surface area contributed by atoms with Gasteiger partial charge in [0.15, 0.2) is 10.2 Å². The van der Waals surface area contributed by atoms with E-state index in [1.165, 1.54) is 24.7 Å². The quantitative estimate of drug-likeness (QED) is 0.223. The highest BCUT2D eigenvalue weighted by Crippen LogP contribution is 2.54. The molecule has 0 bridgehead atoms. The maximum Gasteiger partial charge on any atom is 0.380 e. The van der Waals surface area contributed by atoms with E-state index in [4.69, 9.17) is 42.7 Å². The van der Waals surface area contributed by atoms with Crippen molar-refractivity contribution in [2.24, 2.45) is 5.92 Å². The summed E-state index contributed by atoms with van der Waals surface area (Å²) in [4.78, 5) is 27.5. The molecule has 5 atom stereocenters. The molecule has 3 heterocycles. The molecular formula is C26H31Cl2N4O7P. The number of rotatable bonds is 12. The average molecular weight is 613 g/mol. The summed E-state index contributed by atoms with van der Waals surface area (Å²) in [5, 5.41) is 15.2. The molecule has 40 heavy (non-hydrogen) atoms. The Balaban J connectivity index is 1.57. The van der Waals surface area contributed by atoms with Crippen molar-refractivity contribution >= 4 is 53.7 Å². The number of aromatic nitrogens is 3. The van der Waals surface area contributed by atoms with E-state index < -0.39 is 42.8 Å². The average Bonchev–Trinajstić information content (AvgIpc) is 3.41. The van der Waals surface area contributed by atoms with Crippen LogP contribution >= 0.6 is 30.8 Å². The summed E-state index contributed by atoms with van der Waals surface area (Å²) >= 11 is 13.1. The lowest BCUT2D eigenvalue weighted by Gasteiger charge is -2.25. The second kappa shape index (κ2) is 12.1. The van der Waals surface area contributed by atoms with Gasteiger partial charge in [-0.2, -0.15) is 5.10 Å². The summed E-state index contributed by atoms with van der Waals surface area (Å²) < 4.78 is 31.4. The van der Waals surface area contributed by atoms with E-state index in [-0.39, 0.29) is 35.7 Å². The topological polar surface area (TPSA) is 155 Å². The minimum Gasteiger partial charge on any atom is -0.424 e. The van der Waals surface area contributed by atoms with Gasteiger partial charge in [0.1, 0.15) is 47.5 Å². The van der Waals surface area contributed by atoms with Crippen LogP contribution in [-0.2, 0) is 29.8 Å². The van der Waals surface area contributed by atoms with Crippen LogP contribution in [0.3, 0.4) is 0 Å². The van der Waals surface area contributed by atoms with Crippen molar-refractivity contribution in [3.8, 4) is 5.75 Å². The maximum atomic E-state index is 14.0. The van der Waals surface area contributed by atoms with Gasteiger partial charge in [0.05, 0.1) is 18.5 Å². The van der Waals surface area contributed by atoms with Crippen molar-refractivity contribution in [1.29, 1.82) is 0 Å². The van der Waals surface area contributed by atoms with Crippen molar-refractivity contribution in [2.75, 3.05) is 18.5 Å². The van der Waals surface area contributed by atoms with E-state index in [0.29, 0.717) is 23.2 Å². The van der Waals surface area contributed by atoms with Crippen LogP contribution in [0.1, 0.15) is 44.6 Å². The third-order valence-corrected chi connectivity index (χ3v) is 9.63. The molecule has 0 aliphatic carbocycles. The molecule has 216 valence electrons. The zero-order chi connectivity index (χ0) is 29.2. The number of nitrogens with two attached hydrogens (primary N) is 1. The summed E-state index contributed by atoms with van der Waals surface area (Å²) in [5.74, 6) is -0.340. The van der Waals surface area contributed by atoms with E-state index >= 15 is 0 Å². The van der Waals surface area contributed by atoms with Crippen LogP contribution in [-0.4, -0.2) is 60.6 Å². The number of para-hydroxylation sites is 1. The van der Waals surface area contributed by atoms with E-state index in [9.17, 15) is 19.3 Å². The van der Waals surface area contributed by atoms with Gasteiger partial charge in [0.2, 0.25) is 0 Å². The number of halogens is 2. The Bertz CT molecular complexity index is 1450. The predicted octanol–water partition coefficient (Wildman–Crippen LogP) is 4.32. The number of fused-ring (bicyclic) bond motifs is 1. The number of ether oxygens (including phenoxy) is 1. The van der Waals surface area contributed by atoms with Gasteiger partial charge in [-0.1, -0.05) is 48.3 Å². The number of carbonyl (C=O) groups excluding carboxylic acids is 2. The third kappa shape index (κ3) is 6.51. The first-order valence-corrected chi connectivity index (χ1v) is 15.1. The number of benzene rings is 1. The highest BCUT2D eigenvalue weighted by molar-refractivity contribution is 7.54. The molecular weight excluding hydrogens is 582 g/mol. The fourth-order valence-electron chi connectivity index (χ4n) is 4.34. The molecule has 0 radical (unpaired) electrons. The highest BCUT2D eigenvalue weighted by Gasteiger charge is 2.56. The first kappa shape index (κ1) is 30.4. The monoisotopic (exact) mass is 612 g/mol. The summed E-state index contributed by atoms with van der Waals surface area (Å²) in [5.41, 5.74) is 7.50. The number of ketones is 2. The molecule has 0 amide bonds. The van der Waals surface area contributed by atoms with Crippen molar-refractivity contribution in [3.63, 3.8) is 0 Å². The van der Waals surface area contributed by atoms with Gasteiger partial charge in [0, 0.05) is 12.3 Å². The molecule has 1 unspecified atom stereocenters. The van der Waals surface area contributed by atoms with Gasteiger partial charge < -0.3 is 24.9 Å². The predicted molar refractivity (Wildman–Crippen MR) is 150 cm³/mol. The first-order valence-electron chi connectivity index (χ1n) is 12.6. The van der Waals surface area contributed by atoms with Crippen LogP contribution in [0.25, 0.3) is 5.52 Å². The minimum absolute atomic E-state index is 0.00286.